The molecule has 0 aromatic rings. The second kappa shape index (κ2) is 6.99. The first-order valence-corrected chi connectivity index (χ1v) is 6.11. The monoisotopic (exact) mass is 196 g/mol. The van der Waals surface area contributed by atoms with Crippen LogP contribution in [0.2, 0.25) is 0 Å². The van der Waals surface area contributed by atoms with Crippen LogP contribution in [0.25, 0.3) is 0 Å². The fourth-order valence-corrected chi connectivity index (χ4v) is 2.11. The van der Waals surface area contributed by atoms with Crippen LogP contribution >= 0.6 is 0 Å². The lowest BCUT2D eigenvalue weighted by molar-refractivity contribution is 0.702. The molecule has 0 heterocycles. The van der Waals surface area contributed by atoms with Gasteiger partial charge in [-0.25, -0.2) is 0 Å². The molecule has 3 N–H and O–H groups in total. The first-order chi connectivity index (χ1) is 6.79. The Balaban J connectivity index is 0.000000146. The molecule has 2 aliphatic rings. The first kappa shape index (κ1) is 11.7. The topological polar surface area (TPSA) is 49.9 Å². The van der Waals surface area contributed by atoms with Gasteiger partial charge in [0.25, 0.3) is 0 Å². The summed E-state index contributed by atoms with van der Waals surface area (Å²) in [6.45, 7) is 0. The average molecular weight is 196 g/mol. The zero-order chi connectivity index (χ0) is 10.2. The molecule has 2 aliphatic carbocycles. The van der Waals surface area contributed by atoms with Crippen molar-refractivity contribution in [2.24, 2.45) is 5.73 Å². The second-order valence-corrected chi connectivity index (χ2v) is 4.56. The van der Waals surface area contributed by atoms with Crippen LogP contribution < -0.4 is 5.73 Å². The predicted molar refractivity (Wildman–Crippen MR) is 61.9 cm³/mol. The van der Waals surface area contributed by atoms with Crippen molar-refractivity contribution >= 4 is 5.71 Å². The van der Waals surface area contributed by atoms with Gasteiger partial charge in [-0.1, -0.05) is 25.7 Å². The summed E-state index contributed by atoms with van der Waals surface area (Å²) < 4.78 is 0. The summed E-state index contributed by atoms with van der Waals surface area (Å²) >= 11 is 0. The van der Waals surface area contributed by atoms with E-state index in [1.54, 1.807) is 0 Å². The quantitative estimate of drug-likeness (QED) is 0.574. The molecule has 0 aliphatic heterocycles. The fraction of sp³-hybridized carbons (Fsp3) is 0.917. The maximum absolute atomic E-state index is 7.33. The van der Waals surface area contributed by atoms with E-state index in [0.29, 0.717) is 6.04 Å². The smallest absolute Gasteiger partial charge is 0.00891 e. The van der Waals surface area contributed by atoms with E-state index in [4.69, 9.17) is 11.1 Å². The Hall–Kier alpha value is -0.370. The Kier molecular flexibility index (Phi) is 5.85. The summed E-state index contributed by atoms with van der Waals surface area (Å²) in [5.74, 6) is 0. The maximum atomic E-state index is 7.33. The van der Waals surface area contributed by atoms with E-state index >= 15 is 0 Å². The third-order valence-electron chi connectivity index (χ3n) is 3.11. The lowest BCUT2D eigenvalue weighted by atomic mass is 10.2. The molecular weight excluding hydrogens is 172 g/mol. The minimum atomic E-state index is 0.546. The zero-order valence-electron chi connectivity index (χ0n) is 9.23. The Morgan fingerprint density at radius 2 is 1.36 bits per heavy atom. The zero-order valence-corrected chi connectivity index (χ0v) is 9.23. The molecule has 0 radical (unpaired) electrons. The third kappa shape index (κ3) is 5.38. The van der Waals surface area contributed by atoms with Crippen molar-refractivity contribution in [3.05, 3.63) is 0 Å². The molecular formula is C12H24N2. The number of hydrogen-bond donors (Lipinski definition) is 2. The number of hydrogen-bond acceptors (Lipinski definition) is 2. The van der Waals surface area contributed by atoms with Crippen molar-refractivity contribution in [1.29, 1.82) is 5.41 Å². The van der Waals surface area contributed by atoms with Gasteiger partial charge in [0.2, 0.25) is 0 Å². The highest BCUT2D eigenvalue weighted by Gasteiger charge is 2.07. The molecule has 0 aromatic heterocycles. The molecule has 0 atom stereocenters. The molecule has 0 aromatic carbocycles. The summed E-state index contributed by atoms with van der Waals surface area (Å²) in [5, 5.41) is 7.33. The molecule has 2 fully saturated rings. The van der Waals surface area contributed by atoms with Gasteiger partial charge in [0.05, 0.1) is 0 Å². The van der Waals surface area contributed by atoms with E-state index in [1.165, 1.54) is 51.4 Å². The van der Waals surface area contributed by atoms with Gasteiger partial charge < -0.3 is 11.1 Å². The van der Waals surface area contributed by atoms with Crippen LogP contribution in [0.4, 0.5) is 0 Å². The maximum Gasteiger partial charge on any atom is 0.00891 e. The van der Waals surface area contributed by atoms with Crippen LogP contribution in [0.15, 0.2) is 0 Å². The minimum absolute atomic E-state index is 0.546. The molecule has 14 heavy (non-hydrogen) atoms. The first-order valence-electron chi connectivity index (χ1n) is 6.11. The van der Waals surface area contributed by atoms with Crippen LogP contribution in [-0.4, -0.2) is 11.8 Å². The Morgan fingerprint density at radius 3 is 1.71 bits per heavy atom. The fourth-order valence-electron chi connectivity index (χ4n) is 2.11. The van der Waals surface area contributed by atoms with Crippen LogP contribution in [0.5, 0.6) is 0 Å². The normalized spacial score (nSPS) is 23.9. The average Bonchev–Trinajstić information content (AvgIpc) is 2.51. The van der Waals surface area contributed by atoms with Gasteiger partial charge in [0, 0.05) is 11.8 Å². The predicted octanol–water partition coefficient (Wildman–Crippen LogP) is 3.25. The molecule has 2 rings (SSSR count). The van der Waals surface area contributed by atoms with E-state index in [0.717, 1.165) is 18.6 Å². The number of nitrogens with two attached hydrogens (primary N) is 1. The molecule has 0 unspecified atom stereocenters. The second-order valence-electron chi connectivity index (χ2n) is 4.56. The SMILES string of the molecule is N=C1CCCCCC1.NC1CCCC1. The highest BCUT2D eigenvalue weighted by atomic mass is 14.6. The number of rotatable bonds is 0. The van der Waals surface area contributed by atoms with E-state index in [2.05, 4.69) is 0 Å². The summed E-state index contributed by atoms with van der Waals surface area (Å²) in [6.07, 6.45) is 12.6. The highest BCUT2D eigenvalue weighted by Crippen LogP contribution is 2.14. The number of nitrogens with one attached hydrogen (secondary N) is 1. The van der Waals surface area contributed by atoms with Crippen LogP contribution in [-0.2, 0) is 0 Å². The van der Waals surface area contributed by atoms with Crippen LogP contribution in [0, 0.1) is 5.41 Å². The Labute approximate surface area is 87.8 Å². The van der Waals surface area contributed by atoms with Crippen molar-refractivity contribution in [2.75, 3.05) is 0 Å². The van der Waals surface area contributed by atoms with Gasteiger partial charge in [0.1, 0.15) is 0 Å². The summed E-state index contributed by atoms with van der Waals surface area (Å²) in [7, 11) is 0. The third-order valence-corrected chi connectivity index (χ3v) is 3.11. The van der Waals surface area contributed by atoms with Gasteiger partial charge >= 0.3 is 0 Å². The van der Waals surface area contributed by atoms with Crippen molar-refractivity contribution in [2.45, 2.75) is 70.3 Å². The van der Waals surface area contributed by atoms with E-state index in [9.17, 15) is 0 Å². The van der Waals surface area contributed by atoms with Gasteiger partial charge in [-0.2, -0.15) is 0 Å². The van der Waals surface area contributed by atoms with Crippen molar-refractivity contribution in [1.82, 2.24) is 0 Å². The summed E-state index contributed by atoms with van der Waals surface area (Å²) in [4.78, 5) is 0. The van der Waals surface area contributed by atoms with Crippen molar-refractivity contribution in [3.8, 4) is 0 Å². The van der Waals surface area contributed by atoms with Crippen molar-refractivity contribution < 1.29 is 0 Å². The largest absolute Gasteiger partial charge is 0.328 e. The minimum Gasteiger partial charge on any atom is -0.328 e. The molecule has 2 heteroatoms. The molecule has 0 bridgehead atoms. The van der Waals surface area contributed by atoms with Gasteiger partial charge in [-0.3, -0.25) is 0 Å². The molecule has 0 amide bonds. The highest BCUT2D eigenvalue weighted by molar-refractivity contribution is 5.81. The molecule has 82 valence electrons. The van der Waals surface area contributed by atoms with E-state index in [-0.39, 0.29) is 0 Å². The summed E-state index contributed by atoms with van der Waals surface area (Å²) in [5.41, 5.74) is 6.51. The van der Waals surface area contributed by atoms with E-state index in [1.807, 2.05) is 0 Å². The molecule has 2 nitrogen and oxygen atoms in total. The molecule has 0 saturated heterocycles. The molecule has 2 saturated carbocycles. The molecule has 0 spiro atoms. The summed E-state index contributed by atoms with van der Waals surface area (Å²) in [6, 6.07) is 0.546. The van der Waals surface area contributed by atoms with Crippen molar-refractivity contribution in [3.63, 3.8) is 0 Å². The Morgan fingerprint density at radius 1 is 0.857 bits per heavy atom. The Bertz CT molecular complexity index is 150. The van der Waals surface area contributed by atoms with E-state index < -0.39 is 0 Å². The van der Waals surface area contributed by atoms with Gasteiger partial charge in [0.15, 0.2) is 0 Å². The van der Waals surface area contributed by atoms with Crippen LogP contribution in [0.1, 0.15) is 64.2 Å². The van der Waals surface area contributed by atoms with Gasteiger partial charge in [-0.05, 0) is 38.5 Å². The lowest BCUT2D eigenvalue weighted by Crippen LogP contribution is -2.13. The standard InChI is InChI=1S/C7H13N.C5H11N/c8-7-5-3-1-2-4-6-7;6-5-3-1-2-4-5/h8H,1-6H2;5H,1-4,6H2. The van der Waals surface area contributed by atoms with Gasteiger partial charge in [-0.15, -0.1) is 0 Å². The lowest BCUT2D eigenvalue weighted by Gasteiger charge is -1.92. The van der Waals surface area contributed by atoms with Crippen LogP contribution in [0.3, 0.4) is 0 Å².